The van der Waals surface area contributed by atoms with Gasteiger partial charge in [-0.2, -0.15) is 0 Å². The maximum absolute atomic E-state index is 6.03. The van der Waals surface area contributed by atoms with Crippen LogP contribution in [0.25, 0.3) is 10.9 Å². The summed E-state index contributed by atoms with van der Waals surface area (Å²) >= 11 is 13.6. The number of fused-ring (bicyclic) bond motifs is 1. The minimum absolute atomic E-state index is 0.584. The molecule has 4 heteroatoms. The molecule has 1 aromatic heterocycles. The van der Waals surface area contributed by atoms with Gasteiger partial charge in [0.2, 0.25) is 0 Å². The average Bonchev–Trinajstić information content (AvgIpc) is 2.83. The van der Waals surface area contributed by atoms with E-state index in [1.165, 1.54) is 10.3 Å². The lowest BCUT2D eigenvalue weighted by atomic mass is 10.2. The molecule has 0 aliphatic carbocycles. The SMILES string of the molecule is Clc1ccc(Sc2cccc3[nH]ccc23)cc1Cl. The Morgan fingerprint density at radius 1 is 0.944 bits per heavy atom. The van der Waals surface area contributed by atoms with Gasteiger partial charge in [-0.05, 0) is 36.4 Å². The molecular formula is C14H9Cl2NS. The van der Waals surface area contributed by atoms with Gasteiger partial charge in [0, 0.05) is 26.9 Å². The molecule has 0 saturated heterocycles. The van der Waals surface area contributed by atoms with Crippen molar-refractivity contribution in [3.8, 4) is 0 Å². The van der Waals surface area contributed by atoms with Crippen LogP contribution in [0.15, 0.2) is 58.5 Å². The number of halogens is 2. The van der Waals surface area contributed by atoms with Crippen LogP contribution in [0, 0.1) is 0 Å². The van der Waals surface area contributed by atoms with Crippen molar-refractivity contribution >= 4 is 45.9 Å². The molecule has 3 rings (SSSR count). The molecule has 1 nitrogen and oxygen atoms in total. The summed E-state index contributed by atoms with van der Waals surface area (Å²) in [6, 6.07) is 14.0. The number of hydrogen-bond acceptors (Lipinski definition) is 1. The number of aromatic nitrogens is 1. The second-order valence-corrected chi connectivity index (χ2v) is 5.80. The summed E-state index contributed by atoms with van der Waals surface area (Å²) in [6.07, 6.45) is 1.95. The Hall–Kier alpha value is -1.09. The summed E-state index contributed by atoms with van der Waals surface area (Å²) in [5.41, 5.74) is 1.14. The van der Waals surface area contributed by atoms with Gasteiger partial charge in [0.25, 0.3) is 0 Å². The Morgan fingerprint density at radius 2 is 1.83 bits per heavy atom. The molecule has 1 heterocycles. The Balaban J connectivity index is 2.01. The fourth-order valence-electron chi connectivity index (χ4n) is 1.81. The van der Waals surface area contributed by atoms with E-state index in [4.69, 9.17) is 23.2 Å². The van der Waals surface area contributed by atoms with Crippen molar-refractivity contribution < 1.29 is 0 Å². The minimum Gasteiger partial charge on any atom is -0.361 e. The summed E-state index contributed by atoms with van der Waals surface area (Å²) in [4.78, 5) is 5.49. The van der Waals surface area contributed by atoms with Crippen LogP contribution in [0.2, 0.25) is 10.0 Å². The molecule has 0 aliphatic rings. The lowest BCUT2D eigenvalue weighted by Gasteiger charge is -2.04. The van der Waals surface area contributed by atoms with E-state index in [1.54, 1.807) is 11.8 Å². The molecule has 0 saturated carbocycles. The highest BCUT2D eigenvalue weighted by Gasteiger charge is 2.05. The summed E-state index contributed by atoms with van der Waals surface area (Å²) in [5, 5.41) is 2.39. The Kier molecular flexibility index (Phi) is 3.25. The fourth-order valence-corrected chi connectivity index (χ4v) is 3.18. The minimum atomic E-state index is 0.584. The Bertz CT molecular complexity index is 706. The monoisotopic (exact) mass is 293 g/mol. The summed E-state index contributed by atoms with van der Waals surface area (Å²) in [6.45, 7) is 0. The Labute approximate surface area is 119 Å². The summed E-state index contributed by atoms with van der Waals surface area (Å²) in [7, 11) is 0. The van der Waals surface area contributed by atoms with Crippen LogP contribution < -0.4 is 0 Å². The average molecular weight is 294 g/mol. The number of rotatable bonds is 2. The third kappa shape index (κ3) is 2.24. The molecule has 0 spiro atoms. The molecule has 1 N–H and O–H groups in total. The van der Waals surface area contributed by atoms with E-state index < -0.39 is 0 Å². The fraction of sp³-hybridized carbons (Fsp3) is 0. The van der Waals surface area contributed by atoms with Gasteiger partial charge in [-0.3, -0.25) is 0 Å². The van der Waals surface area contributed by atoms with E-state index in [-0.39, 0.29) is 0 Å². The lowest BCUT2D eigenvalue weighted by molar-refractivity contribution is 1.43. The quantitative estimate of drug-likeness (QED) is 0.648. The van der Waals surface area contributed by atoms with Gasteiger partial charge >= 0.3 is 0 Å². The van der Waals surface area contributed by atoms with Crippen LogP contribution >= 0.6 is 35.0 Å². The predicted octanol–water partition coefficient (Wildman–Crippen LogP) is 5.63. The molecule has 0 unspecified atom stereocenters. The highest BCUT2D eigenvalue weighted by Crippen LogP contribution is 2.35. The number of hydrogen-bond donors (Lipinski definition) is 1. The first-order valence-electron chi connectivity index (χ1n) is 5.43. The number of aromatic amines is 1. The van der Waals surface area contributed by atoms with Gasteiger partial charge in [-0.15, -0.1) is 0 Å². The molecule has 0 amide bonds. The van der Waals surface area contributed by atoms with Crippen LogP contribution in [0.4, 0.5) is 0 Å². The van der Waals surface area contributed by atoms with Gasteiger partial charge in [0.1, 0.15) is 0 Å². The van der Waals surface area contributed by atoms with Crippen molar-refractivity contribution in [2.24, 2.45) is 0 Å². The van der Waals surface area contributed by atoms with Crippen molar-refractivity contribution in [2.75, 3.05) is 0 Å². The largest absolute Gasteiger partial charge is 0.361 e. The standard InChI is InChI=1S/C14H9Cl2NS/c15-11-5-4-9(8-12(11)16)18-14-3-1-2-13-10(14)6-7-17-13/h1-8,17H. The van der Waals surface area contributed by atoms with Gasteiger partial charge < -0.3 is 4.98 Å². The first-order chi connectivity index (χ1) is 8.74. The normalized spacial score (nSPS) is 11.0. The molecule has 2 aromatic carbocycles. The van der Waals surface area contributed by atoms with Crippen LogP contribution in [0.1, 0.15) is 0 Å². The summed E-state index contributed by atoms with van der Waals surface area (Å²) < 4.78 is 0. The lowest BCUT2D eigenvalue weighted by Crippen LogP contribution is -1.77. The maximum atomic E-state index is 6.03. The number of benzene rings is 2. The van der Waals surface area contributed by atoms with Crippen LogP contribution in [-0.2, 0) is 0 Å². The highest BCUT2D eigenvalue weighted by atomic mass is 35.5. The first-order valence-corrected chi connectivity index (χ1v) is 7.00. The van der Waals surface area contributed by atoms with Gasteiger partial charge in [0.15, 0.2) is 0 Å². The Morgan fingerprint density at radius 3 is 2.67 bits per heavy atom. The van der Waals surface area contributed by atoms with Crippen LogP contribution in [-0.4, -0.2) is 4.98 Å². The van der Waals surface area contributed by atoms with E-state index in [9.17, 15) is 0 Å². The summed E-state index contributed by atoms with van der Waals surface area (Å²) in [5.74, 6) is 0. The molecule has 0 bridgehead atoms. The van der Waals surface area contributed by atoms with E-state index in [2.05, 4.69) is 23.2 Å². The third-order valence-electron chi connectivity index (χ3n) is 2.67. The van der Waals surface area contributed by atoms with Crippen LogP contribution in [0.5, 0.6) is 0 Å². The third-order valence-corrected chi connectivity index (χ3v) is 4.48. The van der Waals surface area contributed by atoms with Crippen molar-refractivity contribution in [1.29, 1.82) is 0 Å². The molecule has 0 aliphatic heterocycles. The highest BCUT2D eigenvalue weighted by molar-refractivity contribution is 7.99. The first kappa shape index (κ1) is 12.0. The predicted molar refractivity (Wildman–Crippen MR) is 78.9 cm³/mol. The van der Waals surface area contributed by atoms with Crippen molar-refractivity contribution in [3.63, 3.8) is 0 Å². The number of H-pyrrole nitrogens is 1. The van der Waals surface area contributed by atoms with Crippen molar-refractivity contribution in [2.45, 2.75) is 9.79 Å². The number of nitrogens with one attached hydrogen (secondary N) is 1. The molecule has 0 radical (unpaired) electrons. The second-order valence-electron chi connectivity index (χ2n) is 3.87. The van der Waals surface area contributed by atoms with Crippen LogP contribution in [0.3, 0.4) is 0 Å². The maximum Gasteiger partial charge on any atom is 0.0603 e. The van der Waals surface area contributed by atoms with E-state index in [0.29, 0.717) is 10.0 Å². The molecular weight excluding hydrogens is 285 g/mol. The zero-order valence-corrected chi connectivity index (χ0v) is 11.6. The molecule has 3 aromatic rings. The van der Waals surface area contributed by atoms with E-state index >= 15 is 0 Å². The van der Waals surface area contributed by atoms with E-state index in [1.807, 2.05) is 30.5 Å². The zero-order valence-electron chi connectivity index (χ0n) is 9.28. The topological polar surface area (TPSA) is 15.8 Å². The van der Waals surface area contributed by atoms with Gasteiger partial charge in [-0.25, -0.2) is 0 Å². The van der Waals surface area contributed by atoms with Crippen molar-refractivity contribution in [3.05, 3.63) is 58.7 Å². The zero-order chi connectivity index (χ0) is 12.5. The smallest absolute Gasteiger partial charge is 0.0603 e. The molecule has 0 fully saturated rings. The van der Waals surface area contributed by atoms with Crippen molar-refractivity contribution in [1.82, 2.24) is 4.98 Å². The molecule has 90 valence electrons. The second kappa shape index (κ2) is 4.88. The van der Waals surface area contributed by atoms with Gasteiger partial charge in [-0.1, -0.05) is 41.0 Å². The molecule has 18 heavy (non-hydrogen) atoms. The van der Waals surface area contributed by atoms with Gasteiger partial charge in [0.05, 0.1) is 10.0 Å². The molecule has 0 atom stereocenters. The van der Waals surface area contributed by atoms with E-state index in [0.717, 1.165) is 10.4 Å².